The lowest BCUT2D eigenvalue weighted by Gasteiger charge is -2.13. The van der Waals surface area contributed by atoms with E-state index in [4.69, 9.17) is 0 Å². The smallest absolute Gasteiger partial charge is 0.324 e. The van der Waals surface area contributed by atoms with Crippen LogP contribution in [0.3, 0.4) is 0 Å². The summed E-state index contributed by atoms with van der Waals surface area (Å²) >= 11 is 0. The summed E-state index contributed by atoms with van der Waals surface area (Å²) in [5.74, 6) is -0.267. The number of carbonyl (C=O) groups excluding carboxylic acids is 3. The SMILES string of the molecule is CC(C)CCNC(=O)CCC1NC(=O)N(CCc2c[nH]c3ccc(F)cc23)C1=O. The van der Waals surface area contributed by atoms with Crippen LogP contribution in [0.4, 0.5) is 9.18 Å². The van der Waals surface area contributed by atoms with Crippen molar-refractivity contribution in [3.8, 4) is 0 Å². The number of hydrogen-bond donors (Lipinski definition) is 3. The molecule has 0 radical (unpaired) electrons. The minimum absolute atomic E-state index is 0.119. The second-order valence-corrected chi connectivity index (χ2v) is 7.82. The molecule has 1 aliphatic heterocycles. The molecule has 3 rings (SSSR count). The van der Waals surface area contributed by atoms with E-state index in [1.54, 1.807) is 12.3 Å². The number of fused-ring (bicyclic) bond motifs is 1. The van der Waals surface area contributed by atoms with Crippen molar-refractivity contribution in [3.63, 3.8) is 0 Å². The number of carbonyl (C=O) groups is 3. The van der Waals surface area contributed by atoms with E-state index >= 15 is 0 Å². The average Bonchev–Trinajstić information content (AvgIpc) is 3.18. The third-order valence-corrected chi connectivity index (χ3v) is 5.15. The lowest BCUT2D eigenvalue weighted by Crippen LogP contribution is -2.34. The molecule has 0 bridgehead atoms. The summed E-state index contributed by atoms with van der Waals surface area (Å²) in [5.41, 5.74) is 1.65. The molecule has 0 saturated carbocycles. The van der Waals surface area contributed by atoms with E-state index in [1.807, 2.05) is 0 Å². The second kappa shape index (κ2) is 9.07. The molecule has 1 fully saturated rings. The highest BCUT2D eigenvalue weighted by Gasteiger charge is 2.37. The number of rotatable bonds is 9. The van der Waals surface area contributed by atoms with Gasteiger partial charge < -0.3 is 15.6 Å². The summed E-state index contributed by atoms with van der Waals surface area (Å²) in [6.45, 7) is 4.98. The maximum Gasteiger partial charge on any atom is 0.324 e. The Morgan fingerprint density at radius 2 is 2.10 bits per heavy atom. The van der Waals surface area contributed by atoms with Crippen LogP contribution in [0.25, 0.3) is 10.9 Å². The summed E-state index contributed by atoms with van der Waals surface area (Å²) < 4.78 is 13.5. The minimum Gasteiger partial charge on any atom is -0.361 e. The van der Waals surface area contributed by atoms with Crippen LogP contribution < -0.4 is 10.6 Å². The monoisotopic (exact) mass is 402 g/mol. The van der Waals surface area contributed by atoms with Crippen molar-refractivity contribution >= 4 is 28.7 Å². The molecule has 1 aromatic carbocycles. The van der Waals surface area contributed by atoms with E-state index in [2.05, 4.69) is 29.5 Å². The molecule has 7 nitrogen and oxygen atoms in total. The van der Waals surface area contributed by atoms with Crippen LogP contribution in [-0.4, -0.2) is 46.9 Å². The van der Waals surface area contributed by atoms with Crippen molar-refractivity contribution in [2.24, 2.45) is 5.92 Å². The normalized spacial score (nSPS) is 16.7. The highest BCUT2D eigenvalue weighted by molar-refractivity contribution is 6.04. The van der Waals surface area contributed by atoms with E-state index < -0.39 is 12.1 Å². The van der Waals surface area contributed by atoms with E-state index in [0.717, 1.165) is 22.9 Å². The van der Waals surface area contributed by atoms with E-state index in [-0.39, 0.29) is 37.0 Å². The number of amides is 4. The van der Waals surface area contributed by atoms with Crippen LogP contribution in [0.15, 0.2) is 24.4 Å². The number of nitrogens with one attached hydrogen (secondary N) is 3. The lowest BCUT2D eigenvalue weighted by atomic mass is 10.1. The van der Waals surface area contributed by atoms with Gasteiger partial charge in [-0.1, -0.05) is 13.8 Å². The zero-order valence-corrected chi connectivity index (χ0v) is 16.8. The number of aromatic amines is 1. The van der Waals surface area contributed by atoms with Gasteiger partial charge in [0.25, 0.3) is 5.91 Å². The molecule has 0 spiro atoms. The topological polar surface area (TPSA) is 94.3 Å². The van der Waals surface area contributed by atoms with Crippen molar-refractivity contribution in [3.05, 3.63) is 35.8 Å². The largest absolute Gasteiger partial charge is 0.361 e. The van der Waals surface area contributed by atoms with Gasteiger partial charge in [-0.15, -0.1) is 0 Å². The van der Waals surface area contributed by atoms with Crippen molar-refractivity contribution in [2.75, 3.05) is 13.1 Å². The molecule has 1 aliphatic rings. The standard InChI is InChI=1S/C21H27FN4O3/c1-13(2)7-9-23-19(27)6-5-18-20(28)26(21(29)25-18)10-8-14-12-24-17-4-3-15(22)11-16(14)17/h3-4,11-13,18,24H,5-10H2,1-2H3,(H,23,27)(H,25,29). The Labute approximate surface area is 169 Å². The molecule has 29 heavy (non-hydrogen) atoms. The van der Waals surface area contributed by atoms with Crippen LogP contribution in [0.5, 0.6) is 0 Å². The molecular weight excluding hydrogens is 375 g/mol. The Kier molecular flexibility index (Phi) is 6.51. The van der Waals surface area contributed by atoms with Gasteiger partial charge in [0, 0.05) is 36.6 Å². The molecule has 2 aromatic rings. The summed E-state index contributed by atoms with van der Waals surface area (Å²) in [6.07, 6.45) is 3.54. The van der Waals surface area contributed by atoms with Gasteiger partial charge in [0.2, 0.25) is 5.91 Å². The fourth-order valence-electron chi connectivity index (χ4n) is 3.44. The molecule has 4 amide bonds. The van der Waals surface area contributed by atoms with Crippen molar-refractivity contribution < 1.29 is 18.8 Å². The molecule has 8 heteroatoms. The fourth-order valence-corrected chi connectivity index (χ4v) is 3.44. The van der Waals surface area contributed by atoms with Crippen LogP contribution >= 0.6 is 0 Å². The van der Waals surface area contributed by atoms with Gasteiger partial charge in [0.15, 0.2) is 0 Å². The summed E-state index contributed by atoms with van der Waals surface area (Å²) in [6, 6.07) is 3.34. The third-order valence-electron chi connectivity index (χ3n) is 5.15. The molecule has 1 aromatic heterocycles. The maximum atomic E-state index is 13.5. The molecule has 1 saturated heterocycles. The van der Waals surface area contributed by atoms with Gasteiger partial charge in [-0.3, -0.25) is 14.5 Å². The summed E-state index contributed by atoms with van der Waals surface area (Å²) in [4.78, 5) is 40.9. The number of H-pyrrole nitrogens is 1. The Hall–Kier alpha value is -2.90. The van der Waals surface area contributed by atoms with Gasteiger partial charge in [-0.2, -0.15) is 0 Å². The number of aromatic nitrogens is 1. The van der Waals surface area contributed by atoms with Crippen LogP contribution in [0.2, 0.25) is 0 Å². The quantitative estimate of drug-likeness (QED) is 0.563. The Morgan fingerprint density at radius 3 is 2.86 bits per heavy atom. The Balaban J connectivity index is 1.51. The molecular formula is C21H27FN4O3. The second-order valence-electron chi connectivity index (χ2n) is 7.82. The van der Waals surface area contributed by atoms with Gasteiger partial charge in [0.05, 0.1) is 0 Å². The number of nitrogens with zero attached hydrogens (tertiary/aromatic N) is 1. The molecule has 156 valence electrons. The van der Waals surface area contributed by atoms with Crippen LogP contribution in [-0.2, 0) is 16.0 Å². The van der Waals surface area contributed by atoms with E-state index in [9.17, 15) is 18.8 Å². The number of imide groups is 1. The number of benzene rings is 1. The molecule has 0 aliphatic carbocycles. The first kappa shape index (κ1) is 20.8. The number of halogens is 1. The number of urea groups is 1. The van der Waals surface area contributed by atoms with Crippen molar-refractivity contribution in [1.29, 1.82) is 0 Å². The average molecular weight is 402 g/mol. The highest BCUT2D eigenvalue weighted by Crippen LogP contribution is 2.21. The van der Waals surface area contributed by atoms with Gasteiger partial charge in [-0.25, -0.2) is 9.18 Å². The molecule has 3 N–H and O–H groups in total. The Bertz CT molecular complexity index is 908. The van der Waals surface area contributed by atoms with Gasteiger partial charge >= 0.3 is 6.03 Å². The molecule has 1 atom stereocenters. The van der Waals surface area contributed by atoms with E-state index in [1.165, 1.54) is 17.0 Å². The predicted molar refractivity (Wildman–Crippen MR) is 108 cm³/mol. The molecule has 1 unspecified atom stereocenters. The molecule has 2 heterocycles. The summed E-state index contributed by atoms with van der Waals surface area (Å²) in [5, 5.41) is 6.22. The van der Waals surface area contributed by atoms with Gasteiger partial charge in [0.1, 0.15) is 11.9 Å². The van der Waals surface area contributed by atoms with Crippen molar-refractivity contribution in [1.82, 2.24) is 20.5 Å². The van der Waals surface area contributed by atoms with Crippen LogP contribution in [0.1, 0.15) is 38.7 Å². The zero-order chi connectivity index (χ0) is 21.0. The fraction of sp³-hybridized carbons (Fsp3) is 0.476. The third kappa shape index (κ3) is 5.13. The predicted octanol–water partition coefficient (Wildman–Crippen LogP) is 2.71. The highest BCUT2D eigenvalue weighted by atomic mass is 19.1. The first-order chi connectivity index (χ1) is 13.8. The maximum absolute atomic E-state index is 13.5. The minimum atomic E-state index is -0.682. The first-order valence-electron chi connectivity index (χ1n) is 9.99. The number of hydrogen-bond acceptors (Lipinski definition) is 3. The van der Waals surface area contributed by atoms with Gasteiger partial charge in [-0.05, 0) is 48.9 Å². The van der Waals surface area contributed by atoms with Crippen molar-refractivity contribution in [2.45, 2.75) is 45.6 Å². The first-order valence-corrected chi connectivity index (χ1v) is 9.99. The van der Waals surface area contributed by atoms with E-state index in [0.29, 0.717) is 18.9 Å². The Morgan fingerprint density at radius 1 is 1.31 bits per heavy atom. The van der Waals surface area contributed by atoms with Crippen LogP contribution in [0, 0.1) is 11.7 Å². The summed E-state index contributed by atoms with van der Waals surface area (Å²) in [7, 11) is 0. The lowest BCUT2D eigenvalue weighted by molar-refractivity contribution is -0.127. The zero-order valence-electron chi connectivity index (χ0n) is 16.8.